The third-order valence-corrected chi connectivity index (χ3v) is 6.34. The number of ether oxygens (including phenoxy) is 1. The number of sulfonamides is 1. The molecule has 2 N–H and O–H groups in total. The predicted octanol–water partition coefficient (Wildman–Crippen LogP) is 5.90. The maximum absolute atomic E-state index is 12.6. The number of benzene rings is 3. The van der Waals surface area contributed by atoms with Crippen LogP contribution in [0.2, 0.25) is 10.0 Å². The van der Waals surface area contributed by atoms with E-state index >= 15 is 0 Å². The van der Waals surface area contributed by atoms with Gasteiger partial charge in [0.1, 0.15) is 5.75 Å². The lowest BCUT2D eigenvalue weighted by Gasteiger charge is -2.17. The summed E-state index contributed by atoms with van der Waals surface area (Å²) in [4.78, 5) is 12.6. The molecule has 0 fully saturated rings. The molecule has 168 valence electrons. The van der Waals surface area contributed by atoms with E-state index in [4.69, 9.17) is 27.9 Å². The van der Waals surface area contributed by atoms with Crippen LogP contribution in [-0.4, -0.2) is 20.4 Å². The summed E-state index contributed by atoms with van der Waals surface area (Å²) < 4.78 is 33.5. The number of carbonyl (C=O) groups excluding carboxylic acids is 1. The SMILES string of the molecule is CCC(Oc1ccc(C)cc1)C(=O)Nc1ccc(S(=O)(=O)Nc2cc(Cl)cc(Cl)c2)cc1. The molecule has 1 atom stereocenters. The van der Waals surface area contributed by atoms with Gasteiger partial charge >= 0.3 is 0 Å². The summed E-state index contributed by atoms with van der Waals surface area (Å²) in [6, 6.07) is 17.7. The number of rotatable bonds is 8. The molecule has 9 heteroatoms. The Labute approximate surface area is 197 Å². The van der Waals surface area contributed by atoms with E-state index in [1.807, 2.05) is 38.1 Å². The van der Waals surface area contributed by atoms with Gasteiger partial charge < -0.3 is 10.1 Å². The van der Waals surface area contributed by atoms with Crippen molar-refractivity contribution in [3.05, 3.63) is 82.3 Å². The summed E-state index contributed by atoms with van der Waals surface area (Å²) in [6.45, 7) is 3.82. The Morgan fingerprint density at radius 3 is 2.09 bits per heavy atom. The molecule has 0 aliphatic rings. The molecule has 0 heterocycles. The first-order valence-electron chi connectivity index (χ1n) is 9.79. The van der Waals surface area contributed by atoms with Crippen molar-refractivity contribution in [2.24, 2.45) is 0 Å². The molecule has 0 radical (unpaired) electrons. The van der Waals surface area contributed by atoms with E-state index in [2.05, 4.69) is 10.0 Å². The molecule has 32 heavy (non-hydrogen) atoms. The molecule has 0 aromatic heterocycles. The van der Waals surface area contributed by atoms with Gasteiger partial charge in [-0.3, -0.25) is 9.52 Å². The van der Waals surface area contributed by atoms with Gasteiger partial charge in [-0.05, 0) is 67.9 Å². The van der Waals surface area contributed by atoms with Crippen molar-refractivity contribution < 1.29 is 17.9 Å². The Bertz CT molecular complexity index is 1180. The summed E-state index contributed by atoms with van der Waals surface area (Å²) in [6.07, 6.45) is -0.214. The minimum atomic E-state index is -3.86. The highest BCUT2D eigenvalue weighted by atomic mass is 35.5. The fourth-order valence-electron chi connectivity index (χ4n) is 2.87. The molecule has 0 bridgehead atoms. The number of carbonyl (C=O) groups is 1. The predicted molar refractivity (Wildman–Crippen MR) is 128 cm³/mol. The molecule has 3 aromatic rings. The number of hydrogen-bond donors (Lipinski definition) is 2. The molecule has 0 aliphatic carbocycles. The monoisotopic (exact) mass is 492 g/mol. The lowest BCUT2D eigenvalue weighted by Crippen LogP contribution is -2.32. The minimum absolute atomic E-state index is 0.0227. The average Bonchev–Trinajstić information content (AvgIpc) is 2.72. The van der Waals surface area contributed by atoms with Crippen LogP contribution in [0.3, 0.4) is 0 Å². The summed E-state index contributed by atoms with van der Waals surface area (Å²) in [7, 11) is -3.86. The number of hydrogen-bond acceptors (Lipinski definition) is 4. The van der Waals surface area contributed by atoms with E-state index in [9.17, 15) is 13.2 Å². The van der Waals surface area contributed by atoms with Crippen molar-refractivity contribution >= 4 is 50.5 Å². The van der Waals surface area contributed by atoms with E-state index < -0.39 is 16.1 Å². The Kier molecular flexibility index (Phi) is 7.66. The van der Waals surface area contributed by atoms with E-state index in [0.717, 1.165) is 5.56 Å². The lowest BCUT2D eigenvalue weighted by atomic mass is 10.2. The van der Waals surface area contributed by atoms with Gasteiger partial charge in [-0.1, -0.05) is 47.8 Å². The first-order chi connectivity index (χ1) is 15.2. The van der Waals surface area contributed by atoms with Gasteiger partial charge in [0.05, 0.1) is 10.6 Å². The molecular weight excluding hydrogens is 471 g/mol. The molecule has 1 unspecified atom stereocenters. The minimum Gasteiger partial charge on any atom is -0.481 e. The zero-order chi connectivity index (χ0) is 23.3. The van der Waals surface area contributed by atoms with Crippen LogP contribution in [0, 0.1) is 6.92 Å². The zero-order valence-corrected chi connectivity index (χ0v) is 19.8. The quantitative estimate of drug-likeness (QED) is 0.409. The van der Waals surface area contributed by atoms with Crippen LogP contribution in [-0.2, 0) is 14.8 Å². The second-order valence-corrected chi connectivity index (χ2v) is 9.66. The topological polar surface area (TPSA) is 84.5 Å². The van der Waals surface area contributed by atoms with E-state index in [0.29, 0.717) is 27.9 Å². The number of nitrogens with one attached hydrogen (secondary N) is 2. The van der Waals surface area contributed by atoms with Crippen LogP contribution in [0.4, 0.5) is 11.4 Å². The zero-order valence-electron chi connectivity index (χ0n) is 17.4. The van der Waals surface area contributed by atoms with Crippen LogP contribution < -0.4 is 14.8 Å². The third-order valence-electron chi connectivity index (χ3n) is 4.51. The van der Waals surface area contributed by atoms with Crippen molar-refractivity contribution in [3.63, 3.8) is 0 Å². The smallest absolute Gasteiger partial charge is 0.265 e. The first kappa shape index (κ1) is 23.9. The number of aryl methyl sites for hydroxylation is 1. The number of amides is 1. The van der Waals surface area contributed by atoms with Crippen LogP contribution in [0.25, 0.3) is 0 Å². The molecule has 1 amide bonds. The van der Waals surface area contributed by atoms with Crippen LogP contribution in [0.1, 0.15) is 18.9 Å². The van der Waals surface area contributed by atoms with Crippen LogP contribution in [0.15, 0.2) is 71.6 Å². The largest absolute Gasteiger partial charge is 0.481 e. The normalized spacial score (nSPS) is 12.1. The fourth-order valence-corrected chi connectivity index (χ4v) is 4.44. The molecule has 6 nitrogen and oxygen atoms in total. The van der Waals surface area contributed by atoms with Crippen LogP contribution in [0.5, 0.6) is 5.75 Å². The Morgan fingerprint density at radius 2 is 1.53 bits per heavy atom. The van der Waals surface area contributed by atoms with E-state index in [-0.39, 0.29) is 16.5 Å². The molecular formula is C23H22Cl2N2O4S. The summed E-state index contributed by atoms with van der Waals surface area (Å²) in [5.41, 5.74) is 1.79. The van der Waals surface area contributed by atoms with Crippen molar-refractivity contribution in [2.45, 2.75) is 31.3 Å². The number of anilines is 2. The molecule has 3 rings (SSSR count). The summed E-state index contributed by atoms with van der Waals surface area (Å²) in [5, 5.41) is 3.38. The molecule has 0 saturated heterocycles. The van der Waals surface area contributed by atoms with Crippen molar-refractivity contribution in [3.8, 4) is 5.75 Å². The number of halogens is 2. The Hall–Kier alpha value is -2.74. The highest BCUT2D eigenvalue weighted by Gasteiger charge is 2.19. The summed E-state index contributed by atoms with van der Waals surface area (Å²) in [5.74, 6) is 0.279. The standard InChI is InChI=1S/C23H22Cl2N2O4S/c1-3-22(31-20-8-4-15(2)5-9-20)23(28)26-18-6-10-21(11-7-18)32(29,30)27-19-13-16(24)12-17(25)14-19/h4-14,22,27H,3H2,1-2H3,(H,26,28). The fraction of sp³-hybridized carbons (Fsp3) is 0.174. The van der Waals surface area contributed by atoms with Crippen molar-refractivity contribution in [2.75, 3.05) is 10.0 Å². The van der Waals surface area contributed by atoms with Crippen LogP contribution >= 0.6 is 23.2 Å². The van der Waals surface area contributed by atoms with E-state index in [1.165, 1.54) is 42.5 Å². The second kappa shape index (κ2) is 10.3. The molecule has 0 saturated carbocycles. The van der Waals surface area contributed by atoms with Gasteiger partial charge in [0.15, 0.2) is 6.10 Å². The molecule has 0 spiro atoms. The highest BCUT2D eigenvalue weighted by Crippen LogP contribution is 2.25. The van der Waals surface area contributed by atoms with Gasteiger partial charge in [-0.2, -0.15) is 0 Å². The maximum Gasteiger partial charge on any atom is 0.265 e. The van der Waals surface area contributed by atoms with Crippen molar-refractivity contribution in [1.29, 1.82) is 0 Å². The summed E-state index contributed by atoms with van der Waals surface area (Å²) >= 11 is 11.8. The Morgan fingerprint density at radius 1 is 0.938 bits per heavy atom. The van der Waals surface area contributed by atoms with Gasteiger partial charge in [0.25, 0.3) is 15.9 Å². The Balaban J connectivity index is 1.67. The first-order valence-corrected chi connectivity index (χ1v) is 12.0. The van der Waals surface area contributed by atoms with Gasteiger partial charge in [-0.25, -0.2) is 8.42 Å². The average molecular weight is 493 g/mol. The molecule has 3 aromatic carbocycles. The van der Waals surface area contributed by atoms with Gasteiger partial charge in [0, 0.05) is 15.7 Å². The highest BCUT2D eigenvalue weighted by molar-refractivity contribution is 7.92. The van der Waals surface area contributed by atoms with Gasteiger partial charge in [0.2, 0.25) is 0 Å². The van der Waals surface area contributed by atoms with Crippen molar-refractivity contribution in [1.82, 2.24) is 0 Å². The van der Waals surface area contributed by atoms with E-state index in [1.54, 1.807) is 0 Å². The van der Waals surface area contributed by atoms with Gasteiger partial charge in [-0.15, -0.1) is 0 Å². The maximum atomic E-state index is 12.6. The second-order valence-electron chi connectivity index (χ2n) is 7.11. The third kappa shape index (κ3) is 6.38. The molecule has 0 aliphatic heterocycles. The lowest BCUT2D eigenvalue weighted by molar-refractivity contribution is -0.122.